The molecule has 0 fully saturated rings. The molecule has 22 valence electrons. The van der Waals surface area contributed by atoms with Crippen molar-refractivity contribution in [3.8, 4) is 6.07 Å². The van der Waals surface area contributed by atoms with E-state index in [0.717, 1.165) is 0 Å². The van der Waals surface area contributed by atoms with Crippen LogP contribution in [0.1, 0.15) is 1.43 Å². The first-order valence-electron chi connectivity index (χ1n) is 0.921. The minimum atomic E-state index is 0. The highest BCUT2D eigenvalue weighted by atomic mass is 14.2. The number of rotatable bonds is 0. The van der Waals surface area contributed by atoms with E-state index in [1.54, 1.807) is 6.07 Å². The van der Waals surface area contributed by atoms with Gasteiger partial charge in [0.1, 0.15) is 0 Å². The molecule has 0 aromatic heterocycles. The highest BCUT2D eigenvalue weighted by Gasteiger charge is 1.34. The van der Waals surface area contributed by atoms with Gasteiger partial charge in [-0.2, -0.15) is 5.26 Å². The van der Waals surface area contributed by atoms with Crippen LogP contribution in [0, 0.1) is 11.3 Å². The fourth-order valence-corrected chi connectivity index (χ4v) is 0. The van der Waals surface area contributed by atoms with Gasteiger partial charge in [-0.25, -0.2) is 0 Å². The Hall–Kier alpha value is -0.770. The van der Waals surface area contributed by atoms with Crippen molar-refractivity contribution in [1.82, 2.24) is 0 Å². The van der Waals surface area contributed by atoms with Crippen molar-refractivity contribution >= 4 is 0 Å². The second kappa shape index (κ2) is 2.23. The van der Waals surface area contributed by atoms with E-state index in [-0.39, 0.29) is 1.43 Å². The van der Waals surface area contributed by atoms with E-state index in [2.05, 4.69) is 6.58 Å². The van der Waals surface area contributed by atoms with E-state index >= 15 is 0 Å². The molecule has 1 nitrogen and oxygen atoms in total. The summed E-state index contributed by atoms with van der Waals surface area (Å²) in [5, 5.41) is 7.51. The van der Waals surface area contributed by atoms with Crippen molar-refractivity contribution in [2.24, 2.45) is 0 Å². The Kier molecular flexibility index (Phi) is 1.80. The second-order valence-electron chi connectivity index (χ2n) is 0.333. The van der Waals surface area contributed by atoms with Gasteiger partial charge >= 0.3 is 0 Å². The molecule has 1 heteroatoms. The highest BCUT2D eigenvalue weighted by molar-refractivity contribution is 4.93. The maximum atomic E-state index is 7.51. The van der Waals surface area contributed by atoms with Crippen LogP contribution < -0.4 is 0 Å². The quantitative estimate of drug-likeness (QED) is 0.378. The zero-order valence-corrected chi connectivity index (χ0v) is 2.23. The van der Waals surface area contributed by atoms with Crippen molar-refractivity contribution in [3.63, 3.8) is 0 Å². The third-order valence-corrected chi connectivity index (χ3v) is 0.0913. The molecule has 0 aliphatic heterocycles. The van der Waals surface area contributed by atoms with E-state index in [1.807, 2.05) is 0 Å². The number of nitrogens with zero attached hydrogens (tertiary/aromatic N) is 1. The summed E-state index contributed by atoms with van der Waals surface area (Å²) in [5.74, 6) is 0. The molecule has 0 N–H and O–H groups in total. The average molecular weight is 55.1 g/mol. The lowest BCUT2D eigenvalue weighted by molar-refractivity contribution is 1.54. The summed E-state index contributed by atoms with van der Waals surface area (Å²) in [6, 6.07) is 1.69. The molecule has 0 unspecified atom stereocenters. The Morgan fingerprint density at radius 2 is 2.50 bits per heavy atom. The van der Waals surface area contributed by atoms with Crippen LogP contribution in [-0.4, -0.2) is 0 Å². The number of nitriles is 1. The van der Waals surface area contributed by atoms with Gasteiger partial charge in [0, 0.05) is 7.50 Å². The summed E-state index contributed by atoms with van der Waals surface area (Å²) in [6.07, 6.45) is 1.18. The molecule has 0 amide bonds. The molecule has 0 bridgehead atoms. The highest BCUT2D eigenvalue weighted by Crippen LogP contribution is 1.41. The topological polar surface area (TPSA) is 23.8 Å². The van der Waals surface area contributed by atoms with Gasteiger partial charge < -0.3 is 0 Å². The molecule has 0 aliphatic carbocycles. The molecule has 0 spiro atoms. The van der Waals surface area contributed by atoms with Gasteiger partial charge in [-0.05, 0) is 0 Å². The van der Waals surface area contributed by atoms with Crippen LogP contribution >= 0.6 is 0 Å². The van der Waals surface area contributed by atoms with Gasteiger partial charge in [0.25, 0.3) is 0 Å². The first-order chi connectivity index (χ1) is 1.91. The van der Waals surface area contributed by atoms with Crippen molar-refractivity contribution in [3.05, 3.63) is 12.7 Å². The third kappa shape index (κ3) is 1.23. The molecular formula is C3H5N. The van der Waals surface area contributed by atoms with Crippen LogP contribution in [0.2, 0.25) is 0 Å². The standard InChI is InChI=1S/C3H3N.H2/c1-2-3-4;/h2H,1H2;1H. The van der Waals surface area contributed by atoms with Gasteiger partial charge in [-0.3, -0.25) is 0 Å². The van der Waals surface area contributed by atoms with Crippen LogP contribution in [0.5, 0.6) is 0 Å². The van der Waals surface area contributed by atoms with Crippen molar-refractivity contribution < 1.29 is 1.43 Å². The van der Waals surface area contributed by atoms with Gasteiger partial charge in [0.05, 0.1) is 6.07 Å². The first-order valence-corrected chi connectivity index (χ1v) is 0.921. The summed E-state index contributed by atoms with van der Waals surface area (Å²) < 4.78 is 0. The normalized spacial score (nSPS) is 3.75. The summed E-state index contributed by atoms with van der Waals surface area (Å²) in [4.78, 5) is 0. The largest absolute Gasteiger partial charge is 0.193 e. The van der Waals surface area contributed by atoms with Crippen LogP contribution in [0.15, 0.2) is 12.7 Å². The van der Waals surface area contributed by atoms with Crippen molar-refractivity contribution in [2.75, 3.05) is 0 Å². The Labute approximate surface area is 26.7 Å². The summed E-state index contributed by atoms with van der Waals surface area (Å²) >= 11 is 0. The third-order valence-electron chi connectivity index (χ3n) is 0.0913. The fourth-order valence-electron chi connectivity index (χ4n) is 0. The molecular weight excluding hydrogens is 50.0 g/mol. The van der Waals surface area contributed by atoms with Gasteiger partial charge in [-0.1, -0.05) is 6.58 Å². The van der Waals surface area contributed by atoms with Gasteiger partial charge in [0.15, 0.2) is 0 Å². The van der Waals surface area contributed by atoms with E-state index < -0.39 is 0 Å². The van der Waals surface area contributed by atoms with Crippen LogP contribution in [0.4, 0.5) is 0 Å². The lowest BCUT2D eigenvalue weighted by atomic mass is 10.8. The van der Waals surface area contributed by atoms with Crippen LogP contribution in [0.25, 0.3) is 0 Å². The van der Waals surface area contributed by atoms with Crippen molar-refractivity contribution in [2.45, 2.75) is 0 Å². The Bertz CT molecular complexity index is 52.4. The average Bonchev–Trinajstić information content (AvgIpc) is 1.37. The van der Waals surface area contributed by atoms with Gasteiger partial charge in [-0.15, -0.1) is 0 Å². The maximum Gasteiger partial charge on any atom is 0.0905 e. The summed E-state index contributed by atoms with van der Waals surface area (Å²) in [6.45, 7) is 3.12. The zero-order valence-electron chi connectivity index (χ0n) is 2.23. The number of hydrogen-bond donors (Lipinski definition) is 0. The lowest BCUT2D eigenvalue weighted by Crippen LogP contribution is -1.23. The van der Waals surface area contributed by atoms with E-state index in [1.165, 1.54) is 6.08 Å². The van der Waals surface area contributed by atoms with E-state index in [9.17, 15) is 0 Å². The number of hydrogen-bond acceptors (Lipinski definition) is 1. The second-order valence-corrected chi connectivity index (χ2v) is 0.333. The smallest absolute Gasteiger partial charge is 0.0905 e. The van der Waals surface area contributed by atoms with Gasteiger partial charge in [0.2, 0.25) is 0 Å². The maximum absolute atomic E-state index is 7.51. The molecule has 0 aromatic rings. The first kappa shape index (κ1) is 3.23. The predicted octanol–water partition coefficient (Wildman–Crippen LogP) is 0.942. The van der Waals surface area contributed by atoms with Crippen LogP contribution in [-0.2, 0) is 0 Å². The molecule has 0 saturated heterocycles. The zero-order chi connectivity index (χ0) is 3.41. The molecule has 0 rings (SSSR count). The summed E-state index contributed by atoms with van der Waals surface area (Å²) in [7, 11) is 0. The lowest BCUT2D eigenvalue weighted by Gasteiger charge is -1.31. The molecule has 0 atom stereocenters. The minimum Gasteiger partial charge on any atom is -0.193 e. The SMILES string of the molecule is C=CC#N.[HH]. The molecule has 0 aliphatic rings. The number of allylic oxidation sites excluding steroid dienone is 1. The summed E-state index contributed by atoms with van der Waals surface area (Å²) in [5.41, 5.74) is 0. The molecule has 4 heavy (non-hydrogen) atoms. The Morgan fingerprint density at radius 1 is 2.25 bits per heavy atom. The van der Waals surface area contributed by atoms with Crippen LogP contribution in [0.3, 0.4) is 0 Å². The predicted molar refractivity (Wildman–Crippen MR) is 17.9 cm³/mol. The monoisotopic (exact) mass is 55.0 g/mol. The molecule has 0 radical (unpaired) electrons. The minimum absolute atomic E-state index is 0. The van der Waals surface area contributed by atoms with E-state index in [4.69, 9.17) is 5.26 Å². The molecule has 0 heterocycles. The fraction of sp³-hybridized carbons (Fsp3) is 0. The van der Waals surface area contributed by atoms with Crippen molar-refractivity contribution in [1.29, 1.82) is 5.26 Å². The Balaban J connectivity index is 0. The molecule has 0 aromatic carbocycles. The molecule has 0 saturated carbocycles. The Morgan fingerprint density at radius 3 is 2.50 bits per heavy atom. The van der Waals surface area contributed by atoms with E-state index in [0.29, 0.717) is 0 Å².